The van der Waals surface area contributed by atoms with Gasteiger partial charge in [-0.2, -0.15) is 0 Å². The third-order valence-electron chi connectivity index (χ3n) is 3.12. The van der Waals surface area contributed by atoms with Gasteiger partial charge in [0, 0.05) is 18.5 Å². The molecule has 0 radical (unpaired) electrons. The fraction of sp³-hybridized carbons (Fsp3) is 0.824. The monoisotopic (exact) mass is 344 g/mol. The van der Waals surface area contributed by atoms with Gasteiger partial charge < -0.3 is 24.9 Å². The maximum atomic E-state index is 11.7. The van der Waals surface area contributed by atoms with E-state index in [9.17, 15) is 14.4 Å². The minimum atomic E-state index is -0.635. The first-order valence-corrected chi connectivity index (χ1v) is 8.31. The molecule has 0 aliphatic heterocycles. The highest BCUT2D eigenvalue weighted by Crippen LogP contribution is 2.00. The van der Waals surface area contributed by atoms with Gasteiger partial charge in [0.25, 0.3) is 0 Å². The number of ketones is 2. The average Bonchev–Trinajstić information content (AvgIpc) is 2.44. The Labute approximate surface area is 144 Å². The number of carbonyl (C=O) groups excluding carboxylic acids is 3. The van der Waals surface area contributed by atoms with E-state index in [-0.39, 0.29) is 36.0 Å². The molecule has 2 N–H and O–H groups in total. The van der Waals surface area contributed by atoms with Crippen molar-refractivity contribution in [2.75, 3.05) is 33.0 Å². The van der Waals surface area contributed by atoms with E-state index in [1.165, 1.54) is 13.8 Å². The van der Waals surface area contributed by atoms with Crippen LogP contribution in [-0.2, 0) is 23.9 Å². The Morgan fingerprint density at radius 3 is 2.17 bits per heavy atom. The van der Waals surface area contributed by atoms with E-state index < -0.39 is 6.04 Å². The minimum absolute atomic E-state index is 0.00940. The van der Waals surface area contributed by atoms with Crippen LogP contribution < -0.4 is 10.6 Å². The van der Waals surface area contributed by atoms with Crippen LogP contribution in [0.25, 0.3) is 0 Å². The van der Waals surface area contributed by atoms with E-state index in [0.29, 0.717) is 26.2 Å². The number of hydrogen-bond acceptors (Lipinski definition) is 6. The molecule has 0 saturated carbocycles. The third kappa shape index (κ3) is 14.3. The van der Waals surface area contributed by atoms with Crippen molar-refractivity contribution < 1.29 is 23.9 Å². The quantitative estimate of drug-likeness (QED) is 0.481. The zero-order valence-corrected chi connectivity index (χ0v) is 15.6. The molecular formula is C17H32N2O5. The lowest BCUT2D eigenvalue weighted by atomic mass is 10.1. The van der Waals surface area contributed by atoms with Crippen LogP contribution in [0.3, 0.4) is 0 Å². The van der Waals surface area contributed by atoms with Crippen LogP contribution in [0.4, 0.5) is 0 Å². The first-order chi connectivity index (χ1) is 11.1. The molecule has 1 atom stereocenters. The summed E-state index contributed by atoms with van der Waals surface area (Å²) < 4.78 is 10.6. The Bertz CT molecular complexity index is 404. The van der Waals surface area contributed by atoms with Gasteiger partial charge in [-0.15, -0.1) is 0 Å². The van der Waals surface area contributed by atoms with Crippen LogP contribution in [0.1, 0.15) is 47.5 Å². The molecule has 0 saturated heterocycles. The number of rotatable bonds is 13. The van der Waals surface area contributed by atoms with Crippen molar-refractivity contribution in [2.45, 2.75) is 59.0 Å². The van der Waals surface area contributed by atoms with E-state index in [1.807, 2.05) is 0 Å². The SMILES string of the molecule is CC(=O)CCC(NC(=O)COCCOCCNC(C)(C)C)C(C)=O. The fourth-order valence-electron chi connectivity index (χ4n) is 1.84. The Balaban J connectivity index is 3.73. The summed E-state index contributed by atoms with van der Waals surface area (Å²) in [6.45, 7) is 11.0. The van der Waals surface area contributed by atoms with Crippen molar-refractivity contribution in [3.8, 4) is 0 Å². The summed E-state index contributed by atoms with van der Waals surface area (Å²) in [4.78, 5) is 34.1. The molecule has 0 spiro atoms. The Morgan fingerprint density at radius 1 is 1.00 bits per heavy atom. The average molecular weight is 344 g/mol. The molecule has 0 bridgehead atoms. The van der Waals surface area contributed by atoms with Crippen LogP contribution in [0.15, 0.2) is 0 Å². The number of Topliss-reactive ketones (excluding diaryl/α,β-unsaturated/α-hetero) is 2. The first-order valence-electron chi connectivity index (χ1n) is 8.31. The summed E-state index contributed by atoms with van der Waals surface area (Å²) in [5.41, 5.74) is 0.0631. The highest BCUT2D eigenvalue weighted by molar-refractivity contribution is 5.88. The van der Waals surface area contributed by atoms with Gasteiger partial charge >= 0.3 is 0 Å². The van der Waals surface area contributed by atoms with Crippen LogP contribution in [0, 0.1) is 0 Å². The molecule has 0 aromatic carbocycles. The van der Waals surface area contributed by atoms with Crippen molar-refractivity contribution >= 4 is 17.5 Å². The highest BCUT2D eigenvalue weighted by Gasteiger charge is 2.17. The number of ether oxygens (including phenoxy) is 2. The first kappa shape index (κ1) is 22.7. The van der Waals surface area contributed by atoms with E-state index >= 15 is 0 Å². The molecule has 140 valence electrons. The number of hydrogen-bond donors (Lipinski definition) is 2. The molecule has 0 aromatic heterocycles. The minimum Gasteiger partial charge on any atom is -0.378 e. The van der Waals surface area contributed by atoms with E-state index in [0.717, 1.165) is 6.54 Å². The molecule has 0 heterocycles. The van der Waals surface area contributed by atoms with Gasteiger partial charge in [-0.25, -0.2) is 0 Å². The highest BCUT2D eigenvalue weighted by atomic mass is 16.5. The van der Waals surface area contributed by atoms with Gasteiger partial charge in [0.2, 0.25) is 5.91 Å². The van der Waals surface area contributed by atoms with Gasteiger partial charge in [-0.05, 0) is 41.0 Å². The van der Waals surface area contributed by atoms with Gasteiger partial charge in [-0.1, -0.05) is 0 Å². The van der Waals surface area contributed by atoms with Crippen LogP contribution >= 0.6 is 0 Å². The summed E-state index contributed by atoms with van der Waals surface area (Å²) >= 11 is 0. The lowest BCUT2D eigenvalue weighted by molar-refractivity contribution is -0.130. The Kier molecular flexibility index (Phi) is 11.4. The smallest absolute Gasteiger partial charge is 0.246 e. The van der Waals surface area contributed by atoms with Crippen molar-refractivity contribution in [3.05, 3.63) is 0 Å². The summed E-state index contributed by atoms with van der Waals surface area (Å²) in [7, 11) is 0. The van der Waals surface area contributed by atoms with Crippen molar-refractivity contribution in [1.82, 2.24) is 10.6 Å². The van der Waals surface area contributed by atoms with Crippen LogP contribution in [0.5, 0.6) is 0 Å². The molecule has 0 aromatic rings. The second-order valence-electron chi connectivity index (χ2n) is 6.81. The normalized spacial score (nSPS) is 12.7. The molecule has 7 nitrogen and oxygen atoms in total. The van der Waals surface area contributed by atoms with Crippen molar-refractivity contribution in [2.24, 2.45) is 0 Å². The molecule has 0 rings (SSSR count). The molecule has 7 heteroatoms. The molecule has 24 heavy (non-hydrogen) atoms. The second kappa shape index (κ2) is 12.1. The zero-order valence-electron chi connectivity index (χ0n) is 15.6. The fourth-order valence-corrected chi connectivity index (χ4v) is 1.84. The van der Waals surface area contributed by atoms with E-state index in [1.54, 1.807) is 0 Å². The summed E-state index contributed by atoms with van der Waals surface area (Å²) in [5, 5.41) is 5.88. The molecule has 0 fully saturated rings. The molecule has 1 unspecified atom stereocenters. The van der Waals surface area contributed by atoms with Gasteiger partial charge in [0.15, 0.2) is 5.78 Å². The van der Waals surface area contributed by atoms with Crippen molar-refractivity contribution in [1.29, 1.82) is 0 Å². The number of amides is 1. The third-order valence-corrected chi connectivity index (χ3v) is 3.12. The summed E-state index contributed by atoms with van der Waals surface area (Å²) in [6.07, 6.45) is 0.585. The lowest BCUT2D eigenvalue weighted by Crippen LogP contribution is -2.42. The topological polar surface area (TPSA) is 93.7 Å². The predicted octanol–water partition coefficient (Wildman–Crippen LogP) is 0.851. The Hall–Kier alpha value is -1.31. The largest absolute Gasteiger partial charge is 0.378 e. The Morgan fingerprint density at radius 2 is 1.62 bits per heavy atom. The number of carbonyl (C=O) groups is 3. The van der Waals surface area contributed by atoms with E-state index in [4.69, 9.17) is 9.47 Å². The molecule has 0 aliphatic carbocycles. The van der Waals surface area contributed by atoms with Gasteiger partial charge in [0.05, 0.1) is 25.9 Å². The van der Waals surface area contributed by atoms with Gasteiger partial charge in [-0.3, -0.25) is 9.59 Å². The maximum Gasteiger partial charge on any atom is 0.246 e. The lowest BCUT2D eigenvalue weighted by Gasteiger charge is -2.20. The molecule has 0 aliphatic rings. The predicted molar refractivity (Wildman–Crippen MR) is 91.9 cm³/mol. The summed E-state index contributed by atoms with van der Waals surface area (Å²) in [5.74, 6) is -0.544. The number of nitrogens with one attached hydrogen (secondary N) is 2. The van der Waals surface area contributed by atoms with Crippen LogP contribution in [-0.4, -0.2) is 62.0 Å². The molecule has 1 amide bonds. The zero-order chi connectivity index (χ0) is 18.6. The second-order valence-corrected chi connectivity index (χ2v) is 6.81. The molecular weight excluding hydrogens is 312 g/mol. The van der Waals surface area contributed by atoms with Crippen molar-refractivity contribution in [3.63, 3.8) is 0 Å². The van der Waals surface area contributed by atoms with Crippen LogP contribution in [0.2, 0.25) is 0 Å². The standard InChI is InChI=1S/C17H32N2O5/c1-13(20)6-7-15(14(2)21)19-16(22)12-24-11-10-23-9-8-18-17(3,4)5/h15,18H,6-12H2,1-5H3,(H,19,22). The summed E-state index contributed by atoms with van der Waals surface area (Å²) in [6, 6.07) is -0.635. The maximum absolute atomic E-state index is 11.7. The van der Waals surface area contributed by atoms with Gasteiger partial charge in [0.1, 0.15) is 12.4 Å². The van der Waals surface area contributed by atoms with E-state index in [2.05, 4.69) is 31.4 Å².